The van der Waals surface area contributed by atoms with Gasteiger partial charge in [-0.05, 0) is 75.5 Å². The molecule has 2 unspecified atom stereocenters. The quantitative estimate of drug-likeness (QED) is 0.422. The normalized spacial score (nSPS) is 23.5. The van der Waals surface area contributed by atoms with E-state index in [0.29, 0.717) is 0 Å². The zero-order valence-electron chi connectivity index (χ0n) is 19.1. The Labute approximate surface area is 167 Å². The third kappa shape index (κ3) is 8.83. The van der Waals surface area contributed by atoms with E-state index in [0.717, 1.165) is 23.9 Å². The molecule has 1 aliphatic carbocycles. The van der Waals surface area contributed by atoms with Crippen LogP contribution in [0.25, 0.3) is 0 Å². The van der Waals surface area contributed by atoms with Crippen molar-refractivity contribution in [2.24, 2.45) is 11.8 Å². The number of unbranched alkanes of at least 4 members (excludes halogenated alkanes) is 2. The van der Waals surface area contributed by atoms with E-state index in [2.05, 4.69) is 53.3 Å². The minimum atomic E-state index is 0.831. The van der Waals surface area contributed by atoms with Gasteiger partial charge in [0.1, 0.15) is 0 Å². The molecular formula is C22H48B2N2. The molecule has 2 atom stereocenters. The van der Waals surface area contributed by atoms with Crippen molar-refractivity contribution < 1.29 is 0 Å². The Balaban J connectivity index is 2.35. The number of hydrogen-bond donors (Lipinski definition) is 0. The monoisotopic (exact) mass is 362 g/mol. The summed E-state index contributed by atoms with van der Waals surface area (Å²) in [4.78, 5) is 5.41. The van der Waals surface area contributed by atoms with Gasteiger partial charge >= 0.3 is 0 Å². The van der Waals surface area contributed by atoms with Crippen molar-refractivity contribution in [2.75, 3.05) is 13.1 Å². The SMILES string of the molecule is BN(CC(CC)CCCC)C1CCC(N(B)CC(CC)CCCC)CC1. The lowest BCUT2D eigenvalue weighted by Gasteiger charge is -2.40. The predicted molar refractivity (Wildman–Crippen MR) is 123 cm³/mol. The molecule has 0 aliphatic heterocycles. The molecule has 0 amide bonds. The summed E-state index contributed by atoms with van der Waals surface area (Å²) in [7, 11) is 4.78. The van der Waals surface area contributed by atoms with Crippen LogP contribution in [0.1, 0.15) is 105 Å². The summed E-state index contributed by atoms with van der Waals surface area (Å²) < 4.78 is 0. The van der Waals surface area contributed by atoms with Crippen molar-refractivity contribution in [2.45, 2.75) is 117 Å². The third-order valence-electron chi connectivity index (χ3n) is 7.09. The molecule has 0 bridgehead atoms. The molecule has 0 spiro atoms. The van der Waals surface area contributed by atoms with Gasteiger partial charge in [0, 0.05) is 0 Å². The molecular weight excluding hydrogens is 314 g/mol. The minimum Gasteiger partial charge on any atom is -0.346 e. The second-order valence-electron chi connectivity index (χ2n) is 9.17. The van der Waals surface area contributed by atoms with E-state index < -0.39 is 0 Å². The van der Waals surface area contributed by atoms with Gasteiger partial charge in [-0.15, -0.1) is 0 Å². The highest BCUT2D eigenvalue weighted by Crippen LogP contribution is 2.27. The fourth-order valence-corrected chi connectivity index (χ4v) is 4.89. The summed E-state index contributed by atoms with van der Waals surface area (Å²) in [6.45, 7) is 12.0. The van der Waals surface area contributed by atoms with Crippen LogP contribution in [0.2, 0.25) is 0 Å². The molecule has 0 heterocycles. The predicted octanol–water partition coefficient (Wildman–Crippen LogP) is 4.43. The number of hydrogen-bond acceptors (Lipinski definition) is 2. The van der Waals surface area contributed by atoms with Crippen molar-refractivity contribution in [1.29, 1.82) is 0 Å². The first-order chi connectivity index (χ1) is 12.5. The van der Waals surface area contributed by atoms with Crippen molar-refractivity contribution >= 4 is 16.0 Å². The van der Waals surface area contributed by atoms with Gasteiger partial charge in [0.15, 0.2) is 16.0 Å². The maximum absolute atomic E-state index is 2.70. The first kappa shape index (κ1) is 24.1. The summed E-state index contributed by atoms with van der Waals surface area (Å²) in [6.07, 6.45) is 16.6. The second kappa shape index (κ2) is 14.1. The summed E-state index contributed by atoms with van der Waals surface area (Å²) in [6, 6.07) is 1.66. The fraction of sp³-hybridized carbons (Fsp3) is 1.00. The molecule has 2 nitrogen and oxygen atoms in total. The van der Waals surface area contributed by atoms with Crippen molar-refractivity contribution in [3.8, 4) is 0 Å². The van der Waals surface area contributed by atoms with Crippen molar-refractivity contribution in [3.05, 3.63) is 0 Å². The Bertz CT molecular complexity index is 300. The van der Waals surface area contributed by atoms with Gasteiger partial charge in [-0.1, -0.05) is 66.2 Å². The molecule has 0 aromatic carbocycles. The topological polar surface area (TPSA) is 6.48 Å². The van der Waals surface area contributed by atoms with Gasteiger partial charge in [-0.3, -0.25) is 0 Å². The molecule has 0 radical (unpaired) electrons. The highest BCUT2D eigenvalue weighted by Gasteiger charge is 2.27. The molecule has 1 saturated carbocycles. The summed E-state index contributed by atoms with van der Waals surface area (Å²) in [5, 5.41) is 0. The van der Waals surface area contributed by atoms with Crippen LogP contribution in [0.5, 0.6) is 0 Å². The van der Waals surface area contributed by atoms with Gasteiger partial charge in [0.2, 0.25) is 0 Å². The molecule has 0 N–H and O–H groups in total. The largest absolute Gasteiger partial charge is 0.346 e. The Kier molecular flexibility index (Phi) is 13.1. The third-order valence-corrected chi connectivity index (χ3v) is 7.09. The highest BCUT2D eigenvalue weighted by molar-refractivity contribution is 6.05. The van der Waals surface area contributed by atoms with Crippen LogP contribution in [-0.4, -0.2) is 50.8 Å². The molecule has 1 rings (SSSR count). The highest BCUT2D eigenvalue weighted by atomic mass is 15.1. The van der Waals surface area contributed by atoms with E-state index in [-0.39, 0.29) is 0 Å². The van der Waals surface area contributed by atoms with Crippen LogP contribution in [0.15, 0.2) is 0 Å². The van der Waals surface area contributed by atoms with Crippen molar-refractivity contribution in [3.63, 3.8) is 0 Å². The van der Waals surface area contributed by atoms with Gasteiger partial charge in [-0.2, -0.15) is 0 Å². The first-order valence-corrected chi connectivity index (χ1v) is 12.0. The molecule has 0 aromatic heterocycles. The zero-order valence-corrected chi connectivity index (χ0v) is 19.1. The van der Waals surface area contributed by atoms with E-state index in [1.165, 1.54) is 90.1 Å². The first-order valence-electron chi connectivity index (χ1n) is 12.0. The molecule has 0 saturated heterocycles. The van der Waals surface area contributed by atoms with Gasteiger partial charge in [0.25, 0.3) is 0 Å². The van der Waals surface area contributed by atoms with Crippen molar-refractivity contribution in [1.82, 2.24) is 9.62 Å². The summed E-state index contributed by atoms with van der Waals surface area (Å²) in [5.74, 6) is 1.81. The van der Waals surface area contributed by atoms with E-state index >= 15 is 0 Å². The van der Waals surface area contributed by atoms with Crippen LogP contribution in [0, 0.1) is 11.8 Å². The Morgan fingerprint density at radius 3 is 1.31 bits per heavy atom. The lowest BCUT2D eigenvalue weighted by Crippen LogP contribution is -2.45. The average Bonchev–Trinajstić information content (AvgIpc) is 2.67. The van der Waals surface area contributed by atoms with E-state index in [9.17, 15) is 0 Å². The molecule has 4 heteroatoms. The summed E-state index contributed by atoms with van der Waals surface area (Å²) in [5.41, 5.74) is 0. The Morgan fingerprint density at radius 2 is 1.04 bits per heavy atom. The Hall–Kier alpha value is 0.0499. The van der Waals surface area contributed by atoms with Crippen LogP contribution < -0.4 is 0 Å². The zero-order chi connectivity index (χ0) is 19.4. The van der Waals surface area contributed by atoms with Gasteiger partial charge in [0.05, 0.1) is 0 Å². The van der Waals surface area contributed by atoms with Crippen LogP contribution >= 0.6 is 0 Å². The smallest absolute Gasteiger partial charge is 0.185 e. The Morgan fingerprint density at radius 1 is 0.692 bits per heavy atom. The molecule has 1 aliphatic rings. The molecule has 1 fully saturated rings. The van der Waals surface area contributed by atoms with Crippen LogP contribution in [0.4, 0.5) is 0 Å². The van der Waals surface area contributed by atoms with Gasteiger partial charge < -0.3 is 9.62 Å². The minimum absolute atomic E-state index is 0.831. The lowest BCUT2D eigenvalue weighted by atomic mass is 9.85. The van der Waals surface area contributed by atoms with E-state index in [1.807, 2.05) is 0 Å². The lowest BCUT2D eigenvalue weighted by molar-refractivity contribution is 0.163. The van der Waals surface area contributed by atoms with Gasteiger partial charge in [-0.25, -0.2) is 0 Å². The standard InChI is InChI=1S/C22H48B2N2/c1-5-9-11-19(7-3)17-25(23)21-13-15-22(16-14-21)26(24)18-20(8-4)12-10-6-2/h19-22H,5-18,23-24H2,1-4H3. The molecule has 0 aromatic rings. The van der Waals surface area contributed by atoms with Crippen LogP contribution in [-0.2, 0) is 0 Å². The maximum Gasteiger partial charge on any atom is 0.185 e. The molecule has 152 valence electrons. The summed E-state index contributed by atoms with van der Waals surface area (Å²) >= 11 is 0. The second-order valence-corrected chi connectivity index (χ2v) is 9.17. The van der Waals surface area contributed by atoms with E-state index in [4.69, 9.17) is 0 Å². The van der Waals surface area contributed by atoms with E-state index in [1.54, 1.807) is 0 Å². The number of nitrogens with zero attached hydrogens (tertiary/aromatic N) is 2. The van der Waals surface area contributed by atoms with Crippen LogP contribution in [0.3, 0.4) is 0 Å². The average molecular weight is 362 g/mol. The number of rotatable bonds is 14. The fourth-order valence-electron chi connectivity index (χ4n) is 4.89. The molecule has 26 heavy (non-hydrogen) atoms. The maximum atomic E-state index is 2.70.